The predicted molar refractivity (Wildman–Crippen MR) is 92.4 cm³/mol. The SMILES string of the molecule is [CH3][Au][PH](c1ccccc1)(c1ccccc1)c1ccccc1. The first-order valence-electron chi connectivity index (χ1n) is 6.93. The molecule has 0 aliphatic carbocycles. The van der Waals surface area contributed by atoms with Crippen molar-refractivity contribution in [1.29, 1.82) is 0 Å². The zero-order chi connectivity index (χ0) is 14.5. The molecule has 0 heterocycles. The Hall–Kier alpha value is -1.17. The van der Waals surface area contributed by atoms with Gasteiger partial charge in [-0.05, 0) is 0 Å². The van der Waals surface area contributed by atoms with Crippen LogP contribution in [-0.2, 0) is 19.2 Å². The van der Waals surface area contributed by atoms with E-state index in [9.17, 15) is 0 Å². The topological polar surface area (TPSA) is 0 Å². The van der Waals surface area contributed by atoms with Crippen LogP contribution in [0.3, 0.4) is 0 Å². The average molecular weight is 475 g/mol. The van der Waals surface area contributed by atoms with Gasteiger partial charge in [0.05, 0.1) is 0 Å². The van der Waals surface area contributed by atoms with E-state index < -0.39 is 5.15 Å². The van der Waals surface area contributed by atoms with Crippen LogP contribution in [0.25, 0.3) is 0 Å². The van der Waals surface area contributed by atoms with Crippen LogP contribution in [0.15, 0.2) is 91.0 Å². The van der Waals surface area contributed by atoms with Crippen LogP contribution < -0.4 is 15.9 Å². The standard InChI is InChI=1S/C18H15P.CH3.Au/c1-4-10-16(11-5-1)19(17-12-6-2-7-13-17)18-14-8-3-9-15-18;;/h1-15H;1H3;/q;;-1/p+1. The van der Waals surface area contributed by atoms with E-state index in [-0.39, 0.29) is 19.2 Å². The van der Waals surface area contributed by atoms with Crippen LogP contribution in [0.5, 0.6) is 0 Å². The van der Waals surface area contributed by atoms with Gasteiger partial charge in [0.25, 0.3) is 0 Å². The Morgan fingerprint density at radius 3 is 1.05 bits per heavy atom. The second kappa shape index (κ2) is 6.73. The molecule has 0 N–H and O–H groups in total. The van der Waals surface area contributed by atoms with E-state index in [0.29, 0.717) is 0 Å². The molecule has 0 aliphatic heterocycles. The van der Waals surface area contributed by atoms with E-state index in [1.807, 2.05) is 0 Å². The average Bonchev–Trinajstić information content (AvgIpc) is 2.59. The van der Waals surface area contributed by atoms with Crippen molar-refractivity contribution >= 4 is 21.1 Å². The van der Waals surface area contributed by atoms with E-state index in [4.69, 9.17) is 0 Å². The number of benzene rings is 3. The molecular weight excluding hydrogens is 456 g/mol. The van der Waals surface area contributed by atoms with Crippen molar-refractivity contribution in [2.24, 2.45) is 0 Å². The first-order chi connectivity index (χ1) is 10.4. The fourth-order valence-corrected chi connectivity index (χ4v) is 15.0. The molecular formula is C19H19AuP. The van der Waals surface area contributed by atoms with Crippen molar-refractivity contribution in [1.82, 2.24) is 0 Å². The van der Waals surface area contributed by atoms with Gasteiger partial charge < -0.3 is 0 Å². The predicted octanol–water partition coefficient (Wildman–Crippen LogP) is 3.76. The molecule has 0 nitrogen and oxygen atoms in total. The Kier molecular flexibility index (Phi) is 4.73. The minimum absolute atomic E-state index is 0.187. The molecule has 0 saturated carbocycles. The van der Waals surface area contributed by atoms with E-state index >= 15 is 0 Å². The third-order valence-electron chi connectivity index (χ3n) is 3.67. The second-order valence-electron chi connectivity index (χ2n) is 4.85. The monoisotopic (exact) mass is 475 g/mol. The fraction of sp³-hybridized carbons (Fsp3) is 0.0526. The molecule has 3 aromatic rings. The summed E-state index contributed by atoms with van der Waals surface area (Å²) in [6, 6.07) is 33.4. The maximum absolute atomic E-state index is 2.43. The van der Waals surface area contributed by atoms with Gasteiger partial charge in [-0.25, -0.2) is 0 Å². The number of hydrogen-bond donors (Lipinski definition) is 0. The Morgan fingerprint density at radius 2 is 0.810 bits per heavy atom. The molecule has 0 amide bonds. The second-order valence-corrected chi connectivity index (χ2v) is 16.2. The van der Waals surface area contributed by atoms with Gasteiger partial charge in [0.15, 0.2) is 0 Å². The molecule has 3 aromatic carbocycles. The van der Waals surface area contributed by atoms with Gasteiger partial charge in [0, 0.05) is 0 Å². The van der Waals surface area contributed by atoms with E-state index in [2.05, 4.69) is 96.1 Å². The van der Waals surface area contributed by atoms with Gasteiger partial charge in [-0.2, -0.15) is 0 Å². The molecule has 0 saturated heterocycles. The van der Waals surface area contributed by atoms with Gasteiger partial charge in [0.1, 0.15) is 0 Å². The van der Waals surface area contributed by atoms with E-state index in [1.165, 1.54) is 15.9 Å². The van der Waals surface area contributed by atoms with Crippen LogP contribution >= 0.6 is 5.15 Å². The summed E-state index contributed by atoms with van der Waals surface area (Å²) in [7, 11) is 0. The third-order valence-corrected chi connectivity index (χ3v) is 17.9. The molecule has 0 radical (unpaired) electrons. The summed E-state index contributed by atoms with van der Waals surface area (Å²) in [6.45, 7) is 0. The van der Waals surface area contributed by atoms with Crippen LogP contribution in [0, 0.1) is 0 Å². The van der Waals surface area contributed by atoms with E-state index in [0.717, 1.165) is 0 Å². The minimum atomic E-state index is -1.80. The first kappa shape index (κ1) is 14.8. The van der Waals surface area contributed by atoms with Gasteiger partial charge in [-0.3, -0.25) is 0 Å². The molecule has 0 bridgehead atoms. The summed E-state index contributed by atoms with van der Waals surface area (Å²) in [4.78, 5) is 0. The molecule has 0 spiro atoms. The molecule has 2 heteroatoms. The summed E-state index contributed by atoms with van der Waals surface area (Å²) < 4.78 is 0. The van der Waals surface area contributed by atoms with Crippen molar-refractivity contribution in [3.8, 4) is 0 Å². The molecule has 0 aliphatic rings. The van der Waals surface area contributed by atoms with Crippen molar-refractivity contribution in [2.45, 2.75) is 5.14 Å². The normalized spacial score (nSPS) is 12.2. The zero-order valence-corrected chi connectivity index (χ0v) is 15.1. The molecule has 3 rings (SSSR count). The fourth-order valence-electron chi connectivity index (χ4n) is 2.73. The Labute approximate surface area is 136 Å². The van der Waals surface area contributed by atoms with Crippen molar-refractivity contribution in [3.05, 3.63) is 91.0 Å². The molecule has 21 heavy (non-hydrogen) atoms. The summed E-state index contributed by atoms with van der Waals surface area (Å²) >= 11 is 0.187. The van der Waals surface area contributed by atoms with Crippen molar-refractivity contribution < 1.29 is 19.2 Å². The molecule has 0 unspecified atom stereocenters. The third kappa shape index (κ3) is 2.78. The van der Waals surface area contributed by atoms with Crippen molar-refractivity contribution in [2.75, 3.05) is 0 Å². The zero-order valence-electron chi connectivity index (χ0n) is 12.0. The van der Waals surface area contributed by atoms with E-state index in [1.54, 1.807) is 0 Å². The number of hydrogen-bond acceptors (Lipinski definition) is 0. The molecule has 0 aromatic heterocycles. The molecule has 111 valence electrons. The van der Waals surface area contributed by atoms with Gasteiger partial charge in [-0.1, -0.05) is 0 Å². The van der Waals surface area contributed by atoms with Crippen LogP contribution in [0.4, 0.5) is 0 Å². The summed E-state index contributed by atoms with van der Waals surface area (Å²) in [5.74, 6) is 0. The molecule has 0 atom stereocenters. The maximum atomic E-state index is 2.43. The van der Waals surface area contributed by atoms with Crippen LogP contribution in [0.2, 0.25) is 5.14 Å². The van der Waals surface area contributed by atoms with Gasteiger partial charge >= 0.3 is 136 Å². The van der Waals surface area contributed by atoms with Crippen molar-refractivity contribution in [3.63, 3.8) is 0 Å². The summed E-state index contributed by atoms with van der Waals surface area (Å²) in [5, 5.41) is 5.23. The van der Waals surface area contributed by atoms with Gasteiger partial charge in [-0.15, -0.1) is 0 Å². The van der Waals surface area contributed by atoms with Crippen LogP contribution in [0.1, 0.15) is 0 Å². The Bertz CT molecular complexity index is 584. The van der Waals surface area contributed by atoms with Gasteiger partial charge in [0.2, 0.25) is 0 Å². The summed E-state index contributed by atoms with van der Waals surface area (Å²) in [5.41, 5.74) is 0. The Morgan fingerprint density at radius 1 is 0.524 bits per heavy atom. The molecule has 0 fully saturated rings. The summed E-state index contributed by atoms with van der Waals surface area (Å²) in [6.07, 6.45) is 0. The quantitative estimate of drug-likeness (QED) is 0.399. The van der Waals surface area contributed by atoms with Crippen LogP contribution in [-0.4, -0.2) is 0 Å². The Balaban J connectivity index is 2.29. The number of rotatable bonds is 4. The first-order valence-corrected chi connectivity index (χ1v) is 14.2.